The van der Waals surface area contributed by atoms with E-state index in [2.05, 4.69) is 23.1 Å². The van der Waals surface area contributed by atoms with Crippen LogP contribution in [0, 0.1) is 20.8 Å². The molecule has 0 saturated heterocycles. The highest BCUT2D eigenvalue weighted by molar-refractivity contribution is 6.00. The topological polar surface area (TPSA) is 47.6 Å². The molecule has 0 saturated carbocycles. The molecule has 0 heterocycles. The first kappa shape index (κ1) is 27.5. The van der Waals surface area contributed by atoms with Crippen molar-refractivity contribution < 1.29 is 27.4 Å². The molecule has 0 spiro atoms. The molecule has 0 aliphatic carbocycles. The van der Waals surface area contributed by atoms with E-state index in [1.807, 2.05) is 45.1 Å². The minimum Gasteiger partial charge on any atom is -0.496 e. The number of rotatable bonds is 8. The average molecular weight is 486 g/mol. The molecule has 0 unspecified atom stereocenters. The maximum Gasteiger partial charge on any atom is 0.573 e. The Labute approximate surface area is 204 Å². The maximum atomic E-state index is 12.4. The van der Waals surface area contributed by atoms with Crippen LogP contribution in [0.25, 0.3) is 6.08 Å². The normalized spacial score (nSPS) is 12.9. The number of anilines is 1. The molecular formula is C28H30F3NO3. The van der Waals surface area contributed by atoms with E-state index in [1.54, 1.807) is 20.1 Å². The summed E-state index contributed by atoms with van der Waals surface area (Å²) in [4.78, 5) is 12.2. The monoisotopic (exact) mass is 485 g/mol. The highest BCUT2D eigenvalue weighted by Crippen LogP contribution is 2.28. The van der Waals surface area contributed by atoms with E-state index in [4.69, 9.17) is 4.74 Å². The van der Waals surface area contributed by atoms with Gasteiger partial charge in [-0.25, -0.2) is 0 Å². The number of carbonyl (C=O) groups excluding carboxylic acids is 1. The number of alkyl halides is 3. The fourth-order valence-corrected chi connectivity index (χ4v) is 3.36. The van der Waals surface area contributed by atoms with Crippen molar-refractivity contribution in [1.82, 2.24) is 0 Å². The molecule has 0 radical (unpaired) electrons. The lowest BCUT2D eigenvalue weighted by atomic mass is 9.96. The van der Waals surface area contributed by atoms with Gasteiger partial charge in [-0.1, -0.05) is 42.0 Å². The van der Waals surface area contributed by atoms with Crippen molar-refractivity contribution >= 4 is 17.7 Å². The molecule has 35 heavy (non-hydrogen) atoms. The van der Waals surface area contributed by atoms with Gasteiger partial charge in [-0.05, 0) is 80.6 Å². The fraction of sp³-hybridized carbons (Fsp3) is 0.250. The number of nitrogens with one attached hydrogen (secondary N) is 1. The number of aryl methyl sites for hydroxylation is 1. The van der Waals surface area contributed by atoms with E-state index in [0.717, 1.165) is 40.1 Å². The van der Waals surface area contributed by atoms with Crippen molar-refractivity contribution in [3.05, 3.63) is 94.1 Å². The number of amides is 1. The molecule has 0 aliphatic heterocycles. The third-order valence-corrected chi connectivity index (χ3v) is 5.25. The molecule has 0 fully saturated rings. The van der Waals surface area contributed by atoms with Gasteiger partial charge in [0, 0.05) is 17.8 Å². The van der Waals surface area contributed by atoms with E-state index in [0.29, 0.717) is 5.57 Å². The van der Waals surface area contributed by atoms with E-state index in [1.165, 1.54) is 23.8 Å². The molecule has 0 atom stereocenters. The van der Waals surface area contributed by atoms with Gasteiger partial charge in [0.1, 0.15) is 11.5 Å². The predicted octanol–water partition coefficient (Wildman–Crippen LogP) is 7.62. The van der Waals surface area contributed by atoms with Crippen LogP contribution in [0.1, 0.15) is 36.1 Å². The van der Waals surface area contributed by atoms with Crippen LogP contribution in [-0.2, 0) is 4.79 Å². The van der Waals surface area contributed by atoms with Crippen LogP contribution in [-0.4, -0.2) is 19.4 Å². The van der Waals surface area contributed by atoms with Crippen molar-refractivity contribution in [2.24, 2.45) is 0 Å². The standard InChI is InChI=1S/C28H30F3NO3/c1-18(13-14-25-20(3)16-26(34-6)22(5)21(25)4)9-7-10-19(2)15-27(33)32-23-11-8-12-24(17-23)35-28(29,30)31/h7-17H,1-6H3,(H,32,33)/b10-7+,14-13?,18-9+,19-15+. The molecule has 1 N–H and O–H groups in total. The minimum absolute atomic E-state index is 0.199. The summed E-state index contributed by atoms with van der Waals surface area (Å²) in [5.41, 5.74) is 6.45. The summed E-state index contributed by atoms with van der Waals surface area (Å²) < 4.78 is 46.4. The second-order valence-electron chi connectivity index (χ2n) is 8.12. The molecular weight excluding hydrogens is 455 g/mol. The summed E-state index contributed by atoms with van der Waals surface area (Å²) in [6.45, 7) is 9.89. The molecule has 4 nitrogen and oxygen atoms in total. The largest absolute Gasteiger partial charge is 0.573 e. The van der Waals surface area contributed by atoms with Crippen LogP contribution in [0.4, 0.5) is 18.9 Å². The molecule has 1 amide bonds. The first-order valence-corrected chi connectivity index (χ1v) is 10.9. The van der Waals surface area contributed by atoms with E-state index in [9.17, 15) is 18.0 Å². The van der Waals surface area contributed by atoms with Crippen LogP contribution in [0.15, 0.2) is 71.9 Å². The first-order valence-electron chi connectivity index (χ1n) is 10.9. The van der Waals surface area contributed by atoms with Crippen LogP contribution in [0.5, 0.6) is 11.5 Å². The third-order valence-electron chi connectivity index (χ3n) is 5.25. The number of hydrogen-bond acceptors (Lipinski definition) is 3. The molecule has 2 rings (SSSR count). The Hall–Kier alpha value is -3.74. The SMILES string of the molecule is COc1cc(C)c(C=C/C(C)=C/C=C/C(C)=C/C(=O)Nc2cccc(OC(F)(F)F)c2)c(C)c1C. The number of methoxy groups -OCH3 is 1. The summed E-state index contributed by atoms with van der Waals surface area (Å²) in [6.07, 6.45) is 6.18. The molecule has 0 bridgehead atoms. The van der Waals surface area contributed by atoms with Gasteiger partial charge in [0.25, 0.3) is 0 Å². The van der Waals surface area contributed by atoms with E-state index < -0.39 is 18.0 Å². The van der Waals surface area contributed by atoms with Crippen LogP contribution in [0.2, 0.25) is 0 Å². The lowest BCUT2D eigenvalue weighted by Crippen LogP contribution is -2.17. The van der Waals surface area contributed by atoms with Crippen LogP contribution in [0.3, 0.4) is 0 Å². The Morgan fingerprint density at radius 2 is 1.71 bits per heavy atom. The molecule has 2 aromatic rings. The van der Waals surface area contributed by atoms with Gasteiger partial charge in [-0.2, -0.15) is 0 Å². The van der Waals surface area contributed by atoms with Crippen molar-refractivity contribution in [1.29, 1.82) is 0 Å². The lowest BCUT2D eigenvalue weighted by molar-refractivity contribution is -0.274. The predicted molar refractivity (Wildman–Crippen MR) is 135 cm³/mol. The quantitative estimate of drug-likeness (QED) is 0.309. The molecule has 7 heteroatoms. The average Bonchev–Trinajstić information content (AvgIpc) is 2.75. The Morgan fingerprint density at radius 3 is 2.37 bits per heavy atom. The van der Waals surface area contributed by atoms with Crippen molar-refractivity contribution in [3.63, 3.8) is 0 Å². The van der Waals surface area contributed by atoms with Crippen molar-refractivity contribution in [2.75, 3.05) is 12.4 Å². The summed E-state index contributed by atoms with van der Waals surface area (Å²) in [5, 5.41) is 2.53. The number of allylic oxidation sites excluding steroid dienone is 6. The van der Waals surface area contributed by atoms with Gasteiger partial charge in [-0.15, -0.1) is 13.2 Å². The highest BCUT2D eigenvalue weighted by Gasteiger charge is 2.31. The van der Waals surface area contributed by atoms with Gasteiger partial charge >= 0.3 is 6.36 Å². The summed E-state index contributed by atoms with van der Waals surface area (Å²) in [5.74, 6) is 0.0125. The number of carbonyl (C=O) groups is 1. The minimum atomic E-state index is -4.80. The van der Waals surface area contributed by atoms with E-state index >= 15 is 0 Å². The second kappa shape index (κ2) is 12.1. The van der Waals surface area contributed by atoms with E-state index in [-0.39, 0.29) is 5.69 Å². The summed E-state index contributed by atoms with van der Waals surface area (Å²) in [6, 6.07) is 7.14. The smallest absolute Gasteiger partial charge is 0.496 e. The van der Waals surface area contributed by atoms with Gasteiger partial charge in [-0.3, -0.25) is 4.79 Å². The second-order valence-corrected chi connectivity index (χ2v) is 8.12. The fourth-order valence-electron chi connectivity index (χ4n) is 3.36. The Kier molecular flexibility index (Phi) is 9.51. The number of halogens is 3. The Morgan fingerprint density at radius 1 is 1.00 bits per heavy atom. The van der Waals surface area contributed by atoms with Crippen LogP contribution >= 0.6 is 0 Å². The lowest BCUT2D eigenvalue weighted by Gasteiger charge is -2.13. The molecule has 0 aliphatic rings. The first-order chi connectivity index (χ1) is 16.4. The van der Waals surface area contributed by atoms with Gasteiger partial charge in [0.05, 0.1) is 7.11 Å². The zero-order valence-corrected chi connectivity index (χ0v) is 20.7. The zero-order chi connectivity index (χ0) is 26.2. The molecule has 2 aromatic carbocycles. The molecule has 0 aromatic heterocycles. The highest BCUT2D eigenvalue weighted by atomic mass is 19.4. The Bertz CT molecular complexity index is 1190. The van der Waals surface area contributed by atoms with Gasteiger partial charge < -0.3 is 14.8 Å². The van der Waals surface area contributed by atoms with Crippen molar-refractivity contribution in [3.8, 4) is 11.5 Å². The third kappa shape index (κ3) is 8.85. The Balaban J connectivity index is 2.02. The summed E-state index contributed by atoms with van der Waals surface area (Å²) in [7, 11) is 1.67. The molecule has 186 valence electrons. The number of benzene rings is 2. The van der Waals surface area contributed by atoms with Crippen LogP contribution < -0.4 is 14.8 Å². The van der Waals surface area contributed by atoms with Crippen molar-refractivity contribution in [2.45, 2.75) is 41.0 Å². The maximum absolute atomic E-state index is 12.4. The van der Waals surface area contributed by atoms with Gasteiger partial charge in [0.15, 0.2) is 0 Å². The van der Waals surface area contributed by atoms with Gasteiger partial charge in [0.2, 0.25) is 5.91 Å². The number of ether oxygens (including phenoxy) is 2. The zero-order valence-electron chi connectivity index (χ0n) is 20.7. The number of hydrogen-bond donors (Lipinski definition) is 1. The summed E-state index contributed by atoms with van der Waals surface area (Å²) >= 11 is 0.